The number of rotatable bonds is 5. The quantitative estimate of drug-likeness (QED) is 0.750. The van der Waals surface area contributed by atoms with Crippen molar-refractivity contribution in [2.24, 2.45) is 11.8 Å². The molecule has 3 atom stereocenters. The summed E-state index contributed by atoms with van der Waals surface area (Å²) in [7, 11) is 0. The van der Waals surface area contributed by atoms with E-state index in [0.29, 0.717) is 16.4 Å². The Labute approximate surface area is 130 Å². The first-order valence-corrected chi connectivity index (χ1v) is 8.65. The Morgan fingerprint density at radius 3 is 2.70 bits per heavy atom. The average molecular weight is 342 g/mol. The van der Waals surface area contributed by atoms with Gasteiger partial charge in [-0.05, 0) is 58.4 Å². The lowest BCUT2D eigenvalue weighted by Crippen LogP contribution is -2.34. The average Bonchev–Trinajstić information content (AvgIpc) is 2.48. The van der Waals surface area contributed by atoms with E-state index < -0.39 is 0 Å². The van der Waals surface area contributed by atoms with Gasteiger partial charge in [-0.25, -0.2) is 4.39 Å². The maximum Gasteiger partial charge on any atom is 0.137 e. The minimum Gasteiger partial charge on any atom is -0.310 e. The molecular weight excluding hydrogens is 317 g/mol. The summed E-state index contributed by atoms with van der Waals surface area (Å²) in [6.07, 6.45) is 6.55. The monoisotopic (exact) mass is 341 g/mol. The number of benzene rings is 1. The van der Waals surface area contributed by atoms with E-state index in [4.69, 9.17) is 0 Å². The molecule has 0 heterocycles. The van der Waals surface area contributed by atoms with Crippen LogP contribution in [0.25, 0.3) is 0 Å². The predicted octanol–water partition coefficient (Wildman–Crippen LogP) is 5.46. The lowest BCUT2D eigenvalue weighted by atomic mass is 9.72. The second kappa shape index (κ2) is 7.56. The first-order valence-electron chi connectivity index (χ1n) is 7.85. The fraction of sp³-hybridized carbons (Fsp3) is 0.647. The molecule has 1 N–H and O–H groups in total. The van der Waals surface area contributed by atoms with Crippen molar-refractivity contribution in [3.8, 4) is 0 Å². The second-order valence-electron chi connectivity index (χ2n) is 5.83. The van der Waals surface area contributed by atoms with Gasteiger partial charge in [-0.3, -0.25) is 0 Å². The number of hydrogen-bond donors (Lipinski definition) is 1. The molecule has 0 spiro atoms. The van der Waals surface area contributed by atoms with Gasteiger partial charge < -0.3 is 5.32 Å². The Morgan fingerprint density at radius 2 is 2.05 bits per heavy atom. The lowest BCUT2D eigenvalue weighted by Gasteiger charge is -2.37. The molecule has 0 aliphatic heterocycles. The van der Waals surface area contributed by atoms with Crippen molar-refractivity contribution >= 4 is 15.9 Å². The van der Waals surface area contributed by atoms with Crippen LogP contribution in [0.2, 0.25) is 0 Å². The highest BCUT2D eigenvalue weighted by molar-refractivity contribution is 9.10. The summed E-state index contributed by atoms with van der Waals surface area (Å²) >= 11 is 3.32. The molecule has 0 aromatic heterocycles. The third-order valence-electron chi connectivity index (χ3n) is 4.65. The molecule has 2 rings (SSSR count). The van der Waals surface area contributed by atoms with Gasteiger partial charge in [-0.15, -0.1) is 0 Å². The van der Waals surface area contributed by atoms with Crippen molar-refractivity contribution in [2.75, 3.05) is 6.54 Å². The molecular formula is C17H25BrFN. The zero-order chi connectivity index (χ0) is 14.5. The number of halogens is 2. The summed E-state index contributed by atoms with van der Waals surface area (Å²) in [5.41, 5.74) is 1.21. The van der Waals surface area contributed by atoms with Crippen LogP contribution < -0.4 is 5.32 Å². The van der Waals surface area contributed by atoms with Crippen LogP contribution in [0.15, 0.2) is 22.7 Å². The molecule has 3 heteroatoms. The molecule has 1 nitrogen and oxygen atoms in total. The van der Waals surface area contributed by atoms with Crippen molar-refractivity contribution in [3.05, 3.63) is 34.1 Å². The normalized spacial score (nSPS) is 24.6. The third-order valence-corrected chi connectivity index (χ3v) is 5.25. The van der Waals surface area contributed by atoms with E-state index >= 15 is 0 Å². The third kappa shape index (κ3) is 3.62. The molecule has 20 heavy (non-hydrogen) atoms. The fourth-order valence-corrected chi connectivity index (χ4v) is 4.02. The largest absolute Gasteiger partial charge is 0.310 e. The van der Waals surface area contributed by atoms with E-state index in [1.807, 2.05) is 12.1 Å². The van der Waals surface area contributed by atoms with Crippen molar-refractivity contribution in [2.45, 2.75) is 52.0 Å². The van der Waals surface area contributed by atoms with Gasteiger partial charge in [0.1, 0.15) is 5.82 Å². The van der Waals surface area contributed by atoms with Gasteiger partial charge >= 0.3 is 0 Å². The van der Waals surface area contributed by atoms with Crippen LogP contribution in [-0.2, 0) is 0 Å². The molecule has 0 radical (unpaired) electrons. The van der Waals surface area contributed by atoms with Crippen LogP contribution in [-0.4, -0.2) is 6.54 Å². The zero-order valence-electron chi connectivity index (χ0n) is 12.5. The van der Waals surface area contributed by atoms with E-state index in [2.05, 4.69) is 35.1 Å². The molecule has 0 saturated heterocycles. The second-order valence-corrected chi connectivity index (χ2v) is 6.68. The highest BCUT2D eigenvalue weighted by Gasteiger charge is 2.31. The molecule has 0 bridgehead atoms. The standard InChI is InChI=1S/C17H25BrFN/c1-3-12-7-5-6-8-14(12)17(20-4-2)13-9-10-16(19)15(18)11-13/h9-12,14,17,20H,3-8H2,1-2H3. The molecule has 3 unspecified atom stereocenters. The van der Waals surface area contributed by atoms with Gasteiger partial charge in [-0.1, -0.05) is 45.6 Å². The predicted molar refractivity (Wildman–Crippen MR) is 86.3 cm³/mol. The summed E-state index contributed by atoms with van der Waals surface area (Å²) in [6.45, 7) is 5.40. The maximum absolute atomic E-state index is 13.5. The number of nitrogens with one attached hydrogen (secondary N) is 1. The summed E-state index contributed by atoms with van der Waals surface area (Å²) in [6, 6.07) is 5.81. The fourth-order valence-electron chi connectivity index (χ4n) is 3.62. The SMILES string of the molecule is CCNC(c1ccc(F)c(Br)c1)C1CCCCC1CC. The summed E-state index contributed by atoms with van der Waals surface area (Å²) in [5, 5.41) is 3.64. The van der Waals surface area contributed by atoms with E-state index in [9.17, 15) is 4.39 Å². The highest BCUT2D eigenvalue weighted by atomic mass is 79.9. The highest BCUT2D eigenvalue weighted by Crippen LogP contribution is 2.40. The maximum atomic E-state index is 13.5. The van der Waals surface area contributed by atoms with Crippen LogP contribution in [0.4, 0.5) is 4.39 Å². The first kappa shape index (κ1) is 16.0. The van der Waals surface area contributed by atoms with Gasteiger partial charge in [0.15, 0.2) is 0 Å². The van der Waals surface area contributed by atoms with Crippen molar-refractivity contribution < 1.29 is 4.39 Å². The van der Waals surface area contributed by atoms with Crippen LogP contribution in [0.3, 0.4) is 0 Å². The summed E-state index contributed by atoms with van der Waals surface area (Å²) in [4.78, 5) is 0. The molecule has 0 amide bonds. The van der Waals surface area contributed by atoms with Crippen molar-refractivity contribution in [1.29, 1.82) is 0 Å². The smallest absolute Gasteiger partial charge is 0.137 e. The van der Waals surface area contributed by atoms with Crippen LogP contribution in [0.1, 0.15) is 57.6 Å². The van der Waals surface area contributed by atoms with E-state index in [-0.39, 0.29) is 5.82 Å². The van der Waals surface area contributed by atoms with Gasteiger partial charge in [0, 0.05) is 6.04 Å². The summed E-state index contributed by atoms with van der Waals surface area (Å²) in [5.74, 6) is 1.28. The van der Waals surface area contributed by atoms with Gasteiger partial charge in [0.2, 0.25) is 0 Å². The minimum absolute atomic E-state index is 0.181. The zero-order valence-corrected chi connectivity index (χ0v) is 14.0. The molecule has 1 saturated carbocycles. The molecule has 1 aliphatic rings. The topological polar surface area (TPSA) is 12.0 Å². The number of hydrogen-bond acceptors (Lipinski definition) is 1. The molecule has 1 aromatic rings. The molecule has 1 aromatic carbocycles. The van der Waals surface area contributed by atoms with E-state index in [0.717, 1.165) is 12.5 Å². The van der Waals surface area contributed by atoms with Gasteiger partial charge in [0.05, 0.1) is 4.47 Å². The Kier molecular flexibility index (Phi) is 6.03. The Morgan fingerprint density at radius 1 is 1.30 bits per heavy atom. The van der Waals surface area contributed by atoms with Gasteiger partial charge in [-0.2, -0.15) is 0 Å². The minimum atomic E-state index is -0.181. The molecule has 1 fully saturated rings. The Bertz CT molecular complexity index is 435. The first-order chi connectivity index (χ1) is 9.67. The van der Waals surface area contributed by atoms with E-state index in [1.54, 1.807) is 6.07 Å². The van der Waals surface area contributed by atoms with Crippen LogP contribution in [0, 0.1) is 17.7 Å². The Balaban J connectivity index is 2.26. The van der Waals surface area contributed by atoms with Crippen molar-refractivity contribution in [1.82, 2.24) is 5.32 Å². The molecule has 1 aliphatic carbocycles. The van der Waals surface area contributed by atoms with E-state index in [1.165, 1.54) is 37.7 Å². The lowest BCUT2D eigenvalue weighted by molar-refractivity contribution is 0.176. The summed E-state index contributed by atoms with van der Waals surface area (Å²) < 4.78 is 14.0. The van der Waals surface area contributed by atoms with Crippen molar-refractivity contribution in [3.63, 3.8) is 0 Å². The van der Waals surface area contributed by atoms with Crippen LogP contribution in [0.5, 0.6) is 0 Å². The Hall–Kier alpha value is -0.410. The van der Waals surface area contributed by atoms with Gasteiger partial charge in [0.25, 0.3) is 0 Å². The molecule has 112 valence electrons. The van der Waals surface area contributed by atoms with Crippen LogP contribution >= 0.6 is 15.9 Å².